The highest BCUT2D eigenvalue weighted by molar-refractivity contribution is 5.83. The van der Waals surface area contributed by atoms with Crippen LogP contribution < -0.4 is 5.32 Å². The van der Waals surface area contributed by atoms with Crippen LogP contribution in [0.4, 0.5) is 0 Å². The summed E-state index contributed by atoms with van der Waals surface area (Å²) in [4.78, 5) is 28.1. The predicted molar refractivity (Wildman–Crippen MR) is 85.8 cm³/mol. The van der Waals surface area contributed by atoms with Crippen molar-refractivity contribution in [1.82, 2.24) is 15.1 Å². The number of piperazine rings is 1. The Morgan fingerprint density at radius 2 is 1.78 bits per heavy atom. The lowest BCUT2D eigenvalue weighted by Gasteiger charge is -2.37. The van der Waals surface area contributed by atoms with Crippen LogP contribution in [0.1, 0.15) is 11.1 Å². The fraction of sp³-hybridized carbons (Fsp3) is 0.529. The largest absolute Gasteiger partial charge is 0.375 e. The van der Waals surface area contributed by atoms with E-state index in [1.165, 1.54) is 18.2 Å². The van der Waals surface area contributed by atoms with Gasteiger partial charge in [-0.3, -0.25) is 9.59 Å². The number of hydrogen-bond donors (Lipinski definition) is 1. The lowest BCUT2D eigenvalue weighted by atomic mass is 9.95. The van der Waals surface area contributed by atoms with Crippen LogP contribution in [0, 0.1) is 0 Å². The Balaban J connectivity index is 1.55. The van der Waals surface area contributed by atoms with Crippen molar-refractivity contribution in [1.29, 1.82) is 0 Å². The number of hydrogen-bond acceptors (Lipinski definition) is 4. The number of benzene rings is 1. The van der Waals surface area contributed by atoms with Crippen molar-refractivity contribution in [2.75, 3.05) is 39.9 Å². The number of ether oxygens (including phenoxy) is 1. The molecule has 1 fully saturated rings. The van der Waals surface area contributed by atoms with Gasteiger partial charge >= 0.3 is 0 Å². The average molecular weight is 317 g/mol. The molecule has 2 aliphatic heterocycles. The number of nitrogens with zero attached hydrogens (tertiary/aromatic N) is 2. The van der Waals surface area contributed by atoms with E-state index < -0.39 is 0 Å². The first-order chi connectivity index (χ1) is 11.2. The molecule has 0 radical (unpaired) electrons. The number of amides is 2. The van der Waals surface area contributed by atoms with Gasteiger partial charge in [-0.1, -0.05) is 24.3 Å². The first-order valence-electron chi connectivity index (χ1n) is 8.04. The second-order valence-electron chi connectivity index (χ2n) is 6.05. The number of nitrogens with one attached hydrogen (secondary N) is 1. The van der Waals surface area contributed by atoms with E-state index in [2.05, 4.69) is 17.4 Å². The third kappa shape index (κ3) is 3.54. The Kier molecular flexibility index (Phi) is 4.93. The fourth-order valence-corrected chi connectivity index (χ4v) is 3.24. The second kappa shape index (κ2) is 7.10. The minimum Gasteiger partial charge on any atom is -0.375 e. The monoisotopic (exact) mass is 317 g/mol. The molecule has 2 amide bonds. The molecule has 2 heterocycles. The second-order valence-corrected chi connectivity index (χ2v) is 6.05. The number of fused-ring (bicyclic) bond motifs is 1. The Labute approximate surface area is 136 Å². The van der Waals surface area contributed by atoms with Crippen molar-refractivity contribution in [2.24, 2.45) is 0 Å². The first-order valence-corrected chi connectivity index (χ1v) is 8.04. The predicted octanol–water partition coefficient (Wildman–Crippen LogP) is 0.0181. The zero-order valence-electron chi connectivity index (χ0n) is 13.5. The van der Waals surface area contributed by atoms with Gasteiger partial charge in [-0.05, 0) is 17.5 Å². The van der Waals surface area contributed by atoms with E-state index in [0.717, 1.165) is 13.0 Å². The van der Waals surface area contributed by atoms with Crippen LogP contribution in [0.5, 0.6) is 0 Å². The molecule has 1 saturated heterocycles. The topological polar surface area (TPSA) is 61.9 Å². The van der Waals surface area contributed by atoms with E-state index in [1.54, 1.807) is 4.90 Å². The molecule has 0 saturated carbocycles. The zero-order chi connectivity index (χ0) is 16.2. The molecular formula is C17H23N3O3. The minimum atomic E-state index is -0.161. The zero-order valence-corrected chi connectivity index (χ0v) is 13.5. The molecule has 1 unspecified atom stereocenters. The summed E-state index contributed by atoms with van der Waals surface area (Å²) in [6, 6.07) is 8.08. The van der Waals surface area contributed by atoms with Crippen molar-refractivity contribution >= 4 is 11.8 Å². The third-order valence-electron chi connectivity index (χ3n) is 4.59. The smallest absolute Gasteiger partial charge is 0.248 e. The maximum atomic E-state index is 12.7. The van der Waals surface area contributed by atoms with Crippen LogP contribution in [0.2, 0.25) is 0 Å². The quantitative estimate of drug-likeness (QED) is 0.854. The molecule has 3 rings (SSSR count). The molecule has 23 heavy (non-hydrogen) atoms. The maximum absolute atomic E-state index is 12.7. The van der Waals surface area contributed by atoms with Gasteiger partial charge in [0.15, 0.2) is 0 Å². The Hall–Kier alpha value is -1.92. The lowest BCUT2D eigenvalue weighted by molar-refractivity contribution is -0.142. The van der Waals surface area contributed by atoms with Crippen molar-refractivity contribution in [3.8, 4) is 0 Å². The van der Waals surface area contributed by atoms with Crippen molar-refractivity contribution < 1.29 is 14.3 Å². The molecule has 0 aromatic heterocycles. The molecule has 0 spiro atoms. The number of carbonyl (C=O) groups is 2. The van der Waals surface area contributed by atoms with Gasteiger partial charge in [-0.2, -0.15) is 0 Å². The summed E-state index contributed by atoms with van der Waals surface area (Å²) in [7, 11) is 1.52. The van der Waals surface area contributed by atoms with Crippen LogP contribution in [0.25, 0.3) is 0 Å². The standard InChI is InChI=1S/C17H23N3O3/c1-23-12-16(21)19-6-8-20(9-7-19)17(22)15-10-13-4-2-3-5-14(13)11-18-15/h2-5,15,18H,6-12H2,1H3. The Bertz CT molecular complexity index is 582. The third-order valence-corrected chi connectivity index (χ3v) is 4.59. The van der Waals surface area contributed by atoms with Gasteiger partial charge in [0, 0.05) is 39.8 Å². The summed E-state index contributed by atoms with van der Waals surface area (Å²) in [6.07, 6.45) is 0.734. The summed E-state index contributed by atoms with van der Waals surface area (Å²) < 4.78 is 4.88. The van der Waals surface area contributed by atoms with Crippen LogP contribution in [0.15, 0.2) is 24.3 Å². The molecular weight excluding hydrogens is 294 g/mol. The summed E-state index contributed by atoms with van der Waals surface area (Å²) in [5.74, 6) is 0.127. The molecule has 6 nitrogen and oxygen atoms in total. The van der Waals surface area contributed by atoms with E-state index in [0.29, 0.717) is 26.2 Å². The highest BCUT2D eigenvalue weighted by atomic mass is 16.5. The van der Waals surface area contributed by atoms with Crippen molar-refractivity contribution in [3.63, 3.8) is 0 Å². The summed E-state index contributed by atoms with van der Waals surface area (Å²) in [5.41, 5.74) is 2.52. The van der Waals surface area contributed by atoms with Crippen molar-refractivity contribution in [2.45, 2.75) is 19.0 Å². The molecule has 6 heteroatoms. The van der Waals surface area contributed by atoms with Gasteiger partial charge in [0.1, 0.15) is 6.61 Å². The Morgan fingerprint density at radius 1 is 1.13 bits per heavy atom. The van der Waals surface area contributed by atoms with Crippen molar-refractivity contribution in [3.05, 3.63) is 35.4 Å². The number of methoxy groups -OCH3 is 1. The maximum Gasteiger partial charge on any atom is 0.248 e. The summed E-state index contributed by atoms with van der Waals surface area (Å²) in [5, 5.41) is 3.33. The Morgan fingerprint density at radius 3 is 2.48 bits per heavy atom. The van der Waals surface area contributed by atoms with Crippen LogP contribution in [-0.4, -0.2) is 67.6 Å². The van der Waals surface area contributed by atoms with Crippen LogP contribution in [0.3, 0.4) is 0 Å². The van der Waals surface area contributed by atoms with E-state index >= 15 is 0 Å². The average Bonchev–Trinajstić information content (AvgIpc) is 2.61. The number of rotatable bonds is 3. The van der Waals surface area contributed by atoms with E-state index in [-0.39, 0.29) is 24.5 Å². The lowest BCUT2D eigenvalue weighted by Crippen LogP contribution is -2.56. The van der Waals surface area contributed by atoms with E-state index in [4.69, 9.17) is 4.74 Å². The van der Waals surface area contributed by atoms with Gasteiger partial charge in [-0.15, -0.1) is 0 Å². The molecule has 124 valence electrons. The molecule has 1 aromatic rings. The minimum absolute atomic E-state index is 0.00989. The summed E-state index contributed by atoms with van der Waals surface area (Å²) in [6.45, 7) is 3.19. The van der Waals surface area contributed by atoms with Gasteiger partial charge in [0.2, 0.25) is 11.8 Å². The SMILES string of the molecule is COCC(=O)N1CCN(C(=O)C2Cc3ccccc3CN2)CC1. The summed E-state index contributed by atoms with van der Waals surface area (Å²) >= 11 is 0. The molecule has 1 N–H and O–H groups in total. The van der Waals surface area contributed by atoms with Gasteiger partial charge in [0.25, 0.3) is 0 Å². The molecule has 1 aromatic carbocycles. The van der Waals surface area contributed by atoms with E-state index in [1.807, 2.05) is 17.0 Å². The van der Waals surface area contributed by atoms with Crippen LogP contribution >= 0.6 is 0 Å². The van der Waals surface area contributed by atoms with E-state index in [9.17, 15) is 9.59 Å². The number of carbonyl (C=O) groups excluding carboxylic acids is 2. The molecule has 1 atom stereocenters. The van der Waals surface area contributed by atoms with Gasteiger partial charge in [-0.25, -0.2) is 0 Å². The van der Waals surface area contributed by atoms with Crippen LogP contribution in [-0.2, 0) is 27.3 Å². The first kappa shape index (κ1) is 16.0. The highest BCUT2D eigenvalue weighted by Crippen LogP contribution is 2.18. The normalized spacial score (nSPS) is 21.0. The fourth-order valence-electron chi connectivity index (χ4n) is 3.24. The highest BCUT2D eigenvalue weighted by Gasteiger charge is 2.30. The molecule has 0 aliphatic carbocycles. The van der Waals surface area contributed by atoms with Gasteiger partial charge in [0.05, 0.1) is 6.04 Å². The molecule has 0 bridgehead atoms. The molecule has 2 aliphatic rings. The van der Waals surface area contributed by atoms with Gasteiger partial charge < -0.3 is 19.9 Å².